The van der Waals surface area contributed by atoms with E-state index >= 15 is 0 Å². The molecule has 1 aliphatic carbocycles. The van der Waals surface area contributed by atoms with Crippen molar-refractivity contribution in [3.63, 3.8) is 0 Å². The van der Waals surface area contributed by atoms with Gasteiger partial charge in [0.05, 0.1) is 11.7 Å². The normalized spacial score (nSPS) is 17.1. The van der Waals surface area contributed by atoms with Crippen molar-refractivity contribution in [3.8, 4) is 0 Å². The average Bonchev–Trinajstić information content (AvgIpc) is 3.09. The predicted molar refractivity (Wildman–Crippen MR) is 82.9 cm³/mol. The molecule has 2 aromatic rings. The summed E-state index contributed by atoms with van der Waals surface area (Å²) in [5, 5.41) is 3.47. The first-order valence-corrected chi connectivity index (χ1v) is 7.71. The maximum absolute atomic E-state index is 13.0. The molecular weight excluding hydrogens is 265 g/mol. The van der Waals surface area contributed by atoms with Crippen LogP contribution in [0.2, 0.25) is 0 Å². The predicted octanol–water partition coefficient (Wildman–Crippen LogP) is 4.62. The third kappa shape index (κ3) is 3.09. The lowest BCUT2D eigenvalue weighted by molar-refractivity contribution is 0.520. The summed E-state index contributed by atoms with van der Waals surface area (Å²) in [6, 6.07) is 7.32. The Morgan fingerprint density at radius 1 is 1.24 bits per heavy atom. The quantitative estimate of drug-likeness (QED) is 0.889. The van der Waals surface area contributed by atoms with E-state index in [0.717, 1.165) is 17.2 Å². The molecule has 0 bridgehead atoms. The lowest BCUT2D eigenvalue weighted by Gasteiger charge is -2.19. The molecule has 3 rings (SSSR count). The number of nitrogens with one attached hydrogen (secondary N) is 1. The average molecular weight is 287 g/mol. The van der Waals surface area contributed by atoms with Gasteiger partial charge in [-0.15, -0.1) is 0 Å². The Kier molecular flexibility index (Phi) is 3.95. The van der Waals surface area contributed by atoms with E-state index in [1.165, 1.54) is 37.8 Å². The van der Waals surface area contributed by atoms with Crippen molar-refractivity contribution in [3.05, 3.63) is 47.5 Å². The minimum atomic E-state index is -0.200. The van der Waals surface area contributed by atoms with Crippen LogP contribution in [0, 0.1) is 12.7 Å². The summed E-state index contributed by atoms with van der Waals surface area (Å²) in [4.78, 5) is 4.62. The van der Waals surface area contributed by atoms with Crippen LogP contribution in [0.1, 0.15) is 55.9 Å². The zero-order chi connectivity index (χ0) is 14.8. The van der Waals surface area contributed by atoms with Crippen molar-refractivity contribution in [1.82, 2.24) is 9.55 Å². The molecule has 0 radical (unpaired) electrons. The van der Waals surface area contributed by atoms with E-state index in [-0.39, 0.29) is 11.9 Å². The Bertz CT molecular complexity index is 597. The number of benzene rings is 1. The minimum Gasteiger partial charge on any atom is -0.349 e. The van der Waals surface area contributed by atoms with Crippen LogP contribution in [0.15, 0.2) is 30.5 Å². The standard InChI is InChI=1S/C17H22FN3/c1-12-11-21(16-5-3-4-6-16)17(19-12)20-13(2)14-7-9-15(18)10-8-14/h7-11,13,16H,3-6H2,1-2H3,(H,19,20). The van der Waals surface area contributed by atoms with Gasteiger partial charge in [-0.2, -0.15) is 0 Å². The molecule has 1 N–H and O–H groups in total. The summed E-state index contributed by atoms with van der Waals surface area (Å²) < 4.78 is 15.3. The van der Waals surface area contributed by atoms with E-state index < -0.39 is 0 Å². The summed E-state index contributed by atoms with van der Waals surface area (Å²) in [6.07, 6.45) is 7.20. The zero-order valence-electron chi connectivity index (χ0n) is 12.6. The monoisotopic (exact) mass is 287 g/mol. The molecule has 112 valence electrons. The van der Waals surface area contributed by atoms with Crippen LogP contribution in [0.5, 0.6) is 0 Å². The third-order valence-corrected chi connectivity index (χ3v) is 4.29. The Balaban J connectivity index is 1.79. The summed E-state index contributed by atoms with van der Waals surface area (Å²) in [7, 11) is 0. The zero-order valence-corrected chi connectivity index (χ0v) is 12.6. The van der Waals surface area contributed by atoms with Gasteiger partial charge in [-0.25, -0.2) is 9.37 Å². The highest BCUT2D eigenvalue weighted by atomic mass is 19.1. The molecule has 21 heavy (non-hydrogen) atoms. The number of aryl methyl sites for hydroxylation is 1. The number of hydrogen-bond donors (Lipinski definition) is 1. The van der Waals surface area contributed by atoms with E-state index in [0.29, 0.717) is 6.04 Å². The number of halogens is 1. The molecule has 1 unspecified atom stereocenters. The fourth-order valence-electron chi connectivity index (χ4n) is 3.11. The SMILES string of the molecule is Cc1cn(C2CCCC2)c(NC(C)c2ccc(F)cc2)n1. The highest BCUT2D eigenvalue weighted by Crippen LogP contribution is 2.33. The van der Waals surface area contributed by atoms with E-state index in [9.17, 15) is 4.39 Å². The van der Waals surface area contributed by atoms with Crippen LogP contribution in [-0.4, -0.2) is 9.55 Å². The summed E-state index contributed by atoms with van der Waals surface area (Å²) in [5.41, 5.74) is 2.10. The second-order valence-corrected chi connectivity index (χ2v) is 5.97. The van der Waals surface area contributed by atoms with Gasteiger partial charge >= 0.3 is 0 Å². The number of imidazole rings is 1. The van der Waals surface area contributed by atoms with Crippen LogP contribution < -0.4 is 5.32 Å². The molecule has 1 aromatic carbocycles. The molecule has 0 saturated heterocycles. The van der Waals surface area contributed by atoms with Gasteiger partial charge in [-0.3, -0.25) is 0 Å². The summed E-state index contributed by atoms with van der Waals surface area (Å²) in [5.74, 6) is 0.727. The van der Waals surface area contributed by atoms with Crippen molar-refractivity contribution in [2.75, 3.05) is 5.32 Å². The first-order valence-electron chi connectivity index (χ1n) is 7.71. The molecule has 1 saturated carbocycles. The Hall–Kier alpha value is -1.84. The smallest absolute Gasteiger partial charge is 0.203 e. The maximum atomic E-state index is 13.0. The molecular formula is C17H22FN3. The molecule has 4 heteroatoms. The molecule has 0 aliphatic heterocycles. The van der Waals surface area contributed by atoms with Crippen LogP contribution in [-0.2, 0) is 0 Å². The summed E-state index contributed by atoms with van der Waals surface area (Å²) in [6.45, 7) is 4.11. The van der Waals surface area contributed by atoms with E-state index in [2.05, 4.69) is 28.0 Å². The largest absolute Gasteiger partial charge is 0.349 e. The molecule has 1 aliphatic rings. The van der Waals surface area contributed by atoms with Crippen LogP contribution in [0.3, 0.4) is 0 Å². The Morgan fingerprint density at radius 2 is 1.90 bits per heavy atom. The number of hydrogen-bond acceptors (Lipinski definition) is 2. The molecule has 1 aromatic heterocycles. The van der Waals surface area contributed by atoms with Crippen molar-refractivity contribution in [2.45, 2.75) is 51.6 Å². The number of aromatic nitrogens is 2. The molecule has 3 nitrogen and oxygen atoms in total. The molecule has 1 fully saturated rings. The topological polar surface area (TPSA) is 29.9 Å². The van der Waals surface area contributed by atoms with Crippen molar-refractivity contribution < 1.29 is 4.39 Å². The lowest BCUT2D eigenvalue weighted by atomic mass is 10.1. The number of rotatable bonds is 4. The minimum absolute atomic E-state index is 0.104. The van der Waals surface area contributed by atoms with Gasteiger partial charge in [-0.1, -0.05) is 25.0 Å². The Morgan fingerprint density at radius 3 is 2.57 bits per heavy atom. The second kappa shape index (κ2) is 5.88. The van der Waals surface area contributed by atoms with Gasteiger partial charge < -0.3 is 9.88 Å². The summed E-state index contributed by atoms with van der Waals surface area (Å²) >= 11 is 0. The van der Waals surface area contributed by atoms with Crippen molar-refractivity contribution >= 4 is 5.95 Å². The Labute approximate surface area is 125 Å². The lowest BCUT2D eigenvalue weighted by Crippen LogP contribution is -2.14. The fraction of sp³-hybridized carbons (Fsp3) is 0.471. The van der Waals surface area contributed by atoms with Gasteiger partial charge in [-0.05, 0) is 44.4 Å². The fourth-order valence-corrected chi connectivity index (χ4v) is 3.11. The van der Waals surface area contributed by atoms with Gasteiger partial charge in [0.2, 0.25) is 5.95 Å². The van der Waals surface area contributed by atoms with Crippen molar-refractivity contribution in [2.24, 2.45) is 0 Å². The van der Waals surface area contributed by atoms with Gasteiger partial charge in [0.15, 0.2) is 0 Å². The van der Waals surface area contributed by atoms with Crippen LogP contribution in [0.25, 0.3) is 0 Å². The number of anilines is 1. The highest BCUT2D eigenvalue weighted by molar-refractivity contribution is 5.35. The molecule has 1 atom stereocenters. The molecule has 0 amide bonds. The van der Waals surface area contributed by atoms with Crippen LogP contribution in [0.4, 0.5) is 10.3 Å². The van der Waals surface area contributed by atoms with E-state index in [4.69, 9.17) is 0 Å². The maximum Gasteiger partial charge on any atom is 0.203 e. The second-order valence-electron chi connectivity index (χ2n) is 5.97. The first-order chi connectivity index (χ1) is 10.1. The molecule has 1 heterocycles. The van der Waals surface area contributed by atoms with Gasteiger partial charge in [0.25, 0.3) is 0 Å². The van der Waals surface area contributed by atoms with Crippen LogP contribution >= 0.6 is 0 Å². The highest BCUT2D eigenvalue weighted by Gasteiger charge is 2.21. The van der Waals surface area contributed by atoms with Crippen molar-refractivity contribution in [1.29, 1.82) is 0 Å². The van der Waals surface area contributed by atoms with Gasteiger partial charge in [0, 0.05) is 12.2 Å². The third-order valence-electron chi connectivity index (χ3n) is 4.29. The van der Waals surface area contributed by atoms with Gasteiger partial charge in [0.1, 0.15) is 5.82 Å². The number of nitrogens with zero attached hydrogens (tertiary/aromatic N) is 2. The molecule has 0 spiro atoms. The van der Waals surface area contributed by atoms with E-state index in [1.54, 1.807) is 0 Å². The first kappa shape index (κ1) is 14.1. The van der Waals surface area contributed by atoms with E-state index in [1.807, 2.05) is 19.1 Å².